The minimum atomic E-state index is -1.02. The number of furan rings is 1. The Morgan fingerprint density at radius 1 is 0.931 bits per heavy atom. The van der Waals surface area contributed by atoms with Gasteiger partial charge in [0.2, 0.25) is 0 Å². The fraction of sp³-hybridized carbons (Fsp3) is 0.125. The summed E-state index contributed by atoms with van der Waals surface area (Å²) in [6.07, 6.45) is 1.73. The van der Waals surface area contributed by atoms with Crippen molar-refractivity contribution in [2.24, 2.45) is 0 Å². The van der Waals surface area contributed by atoms with Crippen LogP contribution in [0, 0.1) is 0 Å². The third-order valence-corrected chi connectivity index (χ3v) is 5.96. The number of para-hydroxylation sites is 1. The van der Waals surface area contributed by atoms with Crippen LogP contribution >= 0.6 is 11.8 Å². The summed E-state index contributed by atoms with van der Waals surface area (Å²) >= 11 is 1.83. The Balaban J connectivity index is 1.59. The summed E-state index contributed by atoms with van der Waals surface area (Å²) in [7, 11) is 0. The Morgan fingerprint density at radius 3 is 2.21 bits per heavy atom. The van der Waals surface area contributed by atoms with Crippen molar-refractivity contribution < 1.29 is 19.1 Å². The van der Waals surface area contributed by atoms with E-state index in [9.17, 15) is 4.79 Å². The van der Waals surface area contributed by atoms with Gasteiger partial charge in [0.05, 0.1) is 11.5 Å². The van der Waals surface area contributed by atoms with Crippen LogP contribution in [-0.4, -0.2) is 17.7 Å². The molecule has 1 aromatic heterocycles. The van der Waals surface area contributed by atoms with Crippen LogP contribution in [-0.2, 0) is 10.5 Å². The number of hydrogen-bond acceptors (Lipinski definition) is 4. The summed E-state index contributed by atoms with van der Waals surface area (Å²) in [5.74, 6) is 0.186. The molecule has 1 heterocycles. The van der Waals surface area contributed by atoms with Crippen LogP contribution in [0.15, 0.2) is 89.5 Å². The van der Waals surface area contributed by atoms with E-state index in [1.807, 2.05) is 36.0 Å². The molecule has 4 aromatic rings. The highest BCUT2D eigenvalue weighted by molar-refractivity contribution is 7.99. The lowest BCUT2D eigenvalue weighted by molar-refractivity contribution is -0.139. The van der Waals surface area contributed by atoms with Crippen molar-refractivity contribution >= 4 is 28.7 Å². The molecule has 0 aliphatic carbocycles. The van der Waals surface area contributed by atoms with Gasteiger partial charge in [-0.25, -0.2) is 4.79 Å². The highest BCUT2D eigenvalue weighted by Crippen LogP contribution is 2.39. The van der Waals surface area contributed by atoms with Crippen molar-refractivity contribution in [1.29, 1.82) is 0 Å². The number of carboxylic acids is 1. The molecule has 0 aliphatic heterocycles. The number of benzene rings is 3. The van der Waals surface area contributed by atoms with Gasteiger partial charge in [0.1, 0.15) is 0 Å². The Kier molecular flexibility index (Phi) is 5.86. The minimum absolute atomic E-state index is 0.203. The lowest BCUT2D eigenvalue weighted by Crippen LogP contribution is -2.09. The van der Waals surface area contributed by atoms with Crippen molar-refractivity contribution in [3.8, 4) is 5.75 Å². The molecular formula is C24H20O4S. The third kappa shape index (κ3) is 4.46. The molecule has 146 valence electrons. The zero-order valence-electron chi connectivity index (χ0n) is 15.7. The Hall–Kier alpha value is -3.18. The van der Waals surface area contributed by atoms with Crippen LogP contribution in [0.2, 0.25) is 0 Å². The van der Waals surface area contributed by atoms with E-state index in [2.05, 4.69) is 48.5 Å². The van der Waals surface area contributed by atoms with E-state index in [1.54, 1.807) is 12.3 Å². The van der Waals surface area contributed by atoms with Gasteiger partial charge < -0.3 is 14.3 Å². The van der Waals surface area contributed by atoms with E-state index >= 15 is 0 Å². The predicted molar refractivity (Wildman–Crippen MR) is 115 cm³/mol. The average Bonchev–Trinajstić information content (AvgIpc) is 3.18. The largest absolute Gasteiger partial charge is 0.479 e. The first-order chi connectivity index (χ1) is 14.2. The van der Waals surface area contributed by atoms with Crippen LogP contribution in [0.4, 0.5) is 0 Å². The fourth-order valence-corrected chi connectivity index (χ4v) is 4.53. The number of carbonyl (C=O) groups is 1. The van der Waals surface area contributed by atoms with Crippen LogP contribution < -0.4 is 4.74 Å². The summed E-state index contributed by atoms with van der Waals surface area (Å²) < 4.78 is 11.1. The molecule has 0 atom stereocenters. The lowest BCUT2D eigenvalue weighted by atomic mass is 10.0. The lowest BCUT2D eigenvalue weighted by Gasteiger charge is -2.17. The van der Waals surface area contributed by atoms with Crippen molar-refractivity contribution in [1.82, 2.24) is 0 Å². The predicted octanol–water partition coefficient (Wildman–Crippen LogP) is 5.92. The molecule has 0 bridgehead atoms. The first kappa shape index (κ1) is 19.2. The molecule has 1 N–H and O–H groups in total. The topological polar surface area (TPSA) is 59.7 Å². The first-order valence-electron chi connectivity index (χ1n) is 9.27. The van der Waals surface area contributed by atoms with Crippen molar-refractivity contribution in [2.75, 3.05) is 6.61 Å². The standard InChI is InChI=1S/C24H20O4S/c25-22(26)15-27-21-13-7-12-20-19(14-28-23(20)21)16-29-24(17-8-3-1-4-9-17)18-10-5-2-6-11-18/h1-14,24H,15-16H2,(H,25,26). The zero-order chi connectivity index (χ0) is 20.1. The fourth-order valence-electron chi connectivity index (χ4n) is 3.26. The van der Waals surface area contributed by atoms with Gasteiger partial charge in [-0.1, -0.05) is 72.8 Å². The monoisotopic (exact) mass is 404 g/mol. The molecule has 3 aromatic carbocycles. The van der Waals surface area contributed by atoms with Gasteiger partial charge in [-0.05, 0) is 17.2 Å². The van der Waals surface area contributed by atoms with Crippen LogP contribution in [0.1, 0.15) is 21.9 Å². The normalized spacial score (nSPS) is 11.1. The van der Waals surface area contributed by atoms with E-state index < -0.39 is 12.6 Å². The van der Waals surface area contributed by atoms with Gasteiger partial charge in [0.15, 0.2) is 17.9 Å². The summed E-state index contributed by atoms with van der Waals surface area (Å²) in [4.78, 5) is 10.8. The average molecular weight is 404 g/mol. The number of aliphatic carboxylic acids is 1. The number of carboxylic acid groups (broad SMARTS) is 1. The molecule has 0 unspecified atom stereocenters. The molecule has 5 heteroatoms. The van der Waals surface area contributed by atoms with Crippen LogP contribution in [0.25, 0.3) is 11.0 Å². The molecule has 4 nitrogen and oxygen atoms in total. The van der Waals surface area contributed by atoms with Gasteiger partial charge >= 0.3 is 5.97 Å². The molecule has 0 radical (unpaired) electrons. The second kappa shape index (κ2) is 8.88. The van der Waals surface area contributed by atoms with E-state index in [4.69, 9.17) is 14.3 Å². The number of hydrogen-bond donors (Lipinski definition) is 1. The van der Waals surface area contributed by atoms with Gasteiger partial charge in [-0.2, -0.15) is 0 Å². The molecule has 4 rings (SSSR count). The van der Waals surface area contributed by atoms with E-state index in [-0.39, 0.29) is 5.25 Å². The number of rotatable bonds is 8. The van der Waals surface area contributed by atoms with Gasteiger partial charge in [0.25, 0.3) is 0 Å². The zero-order valence-corrected chi connectivity index (χ0v) is 16.5. The molecule has 0 fully saturated rings. The summed E-state index contributed by atoms with van der Waals surface area (Å²) in [5.41, 5.74) is 4.15. The van der Waals surface area contributed by atoms with Gasteiger partial charge in [-0.15, -0.1) is 11.8 Å². The summed E-state index contributed by atoms with van der Waals surface area (Å²) in [6, 6.07) is 26.4. The van der Waals surface area contributed by atoms with E-state index in [0.717, 1.165) is 16.7 Å². The molecule has 0 saturated heterocycles. The maximum Gasteiger partial charge on any atom is 0.341 e. The smallest absolute Gasteiger partial charge is 0.341 e. The summed E-state index contributed by atoms with van der Waals surface area (Å²) in [6.45, 7) is -0.395. The Morgan fingerprint density at radius 2 is 1.59 bits per heavy atom. The van der Waals surface area contributed by atoms with E-state index in [1.165, 1.54) is 11.1 Å². The van der Waals surface area contributed by atoms with Crippen molar-refractivity contribution in [3.63, 3.8) is 0 Å². The minimum Gasteiger partial charge on any atom is -0.479 e. The number of ether oxygens (including phenoxy) is 1. The molecule has 29 heavy (non-hydrogen) atoms. The van der Waals surface area contributed by atoms with Crippen LogP contribution in [0.5, 0.6) is 5.75 Å². The third-order valence-electron chi connectivity index (χ3n) is 4.61. The Bertz CT molecular complexity index is 1050. The highest BCUT2D eigenvalue weighted by atomic mass is 32.2. The number of thioether (sulfide) groups is 1. The first-order valence-corrected chi connectivity index (χ1v) is 10.3. The molecule has 0 saturated carbocycles. The van der Waals surface area contributed by atoms with Crippen molar-refractivity contribution in [3.05, 3.63) is 102 Å². The van der Waals surface area contributed by atoms with E-state index in [0.29, 0.717) is 11.3 Å². The SMILES string of the molecule is O=C(O)COc1cccc2c(CSC(c3ccccc3)c3ccccc3)coc12. The van der Waals surface area contributed by atoms with Crippen LogP contribution in [0.3, 0.4) is 0 Å². The molecular weight excluding hydrogens is 384 g/mol. The summed E-state index contributed by atoms with van der Waals surface area (Å²) in [5, 5.41) is 10.0. The molecule has 0 aliphatic rings. The van der Waals surface area contributed by atoms with Crippen molar-refractivity contribution in [2.45, 2.75) is 11.0 Å². The molecule has 0 spiro atoms. The Labute approximate surface area is 173 Å². The maximum absolute atomic E-state index is 10.8. The quantitative estimate of drug-likeness (QED) is 0.395. The second-order valence-electron chi connectivity index (χ2n) is 6.59. The molecule has 0 amide bonds. The number of fused-ring (bicyclic) bond motifs is 1. The van der Waals surface area contributed by atoms with Gasteiger partial charge in [0, 0.05) is 16.7 Å². The maximum atomic E-state index is 10.8. The highest BCUT2D eigenvalue weighted by Gasteiger charge is 2.17. The second-order valence-corrected chi connectivity index (χ2v) is 7.68. The van der Waals surface area contributed by atoms with Gasteiger partial charge in [-0.3, -0.25) is 0 Å².